The maximum atomic E-state index is 14.8. The minimum atomic E-state index is -4.50. The lowest BCUT2D eigenvalue weighted by molar-refractivity contribution is -0.164. The molecule has 0 spiro atoms. The Kier molecular flexibility index (Phi) is 6.54. The van der Waals surface area contributed by atoms with Crippen molar-refractivity contribution in [3.05, 3.63) is 30.5 Å². The Morgan fingerprint density at radius 1 is 1.32 bits per heavy atom. The van der Waals surface area contributed by atoms with Gasteiger partial charge < -0.3 is 20.1 Å². The van der Waals surface area contributed by atoms with E-state index in [4.69, 9.17) is 9.84 Å². The Hall–Kier alpha value is -4.01. The molecule has 1 aliphatic heterocycles. The second-order valence-electron chi connectivity index (χ2n) is 8.98. The molecule has 4 heterocycles. The molecular weight excluding hydrogens is 512 g/mol. The summed E-state index contributed by atoms with van der Waals surface area (Å²) in [6, 6.07) is 4.03. The van der Waals surface area contributed by atoms with Gasteiger partial charge in [-0.15, -0.1) is 10.2 Å². The first kappa shape index (κ1) is 25.6. The largest absolute Gasteiger partial charge is 0.479 e. The summed E-state index contributed by atoms with van der Waals surface area (Å²) < 4.78 is 62.6. The number of ether oxygens (including phenoxy) is 1. The molecule has 38 heavy (non-hydrogen) atoms. The van der Waals surface area contributed by atoms with Crippen molar-refractivity contribution in [1.29, 1.82) is 0 Å². The number of hydrogen-bond acceptors (Lipinski definition) is 8. The fraction of sp³-hybridized carbons (Fsp3) is 0.435. The van der Waals surface area contributed by atoms with Gasteiger partial charge in [-0.25, -0.2) is 13.6 Å². The van der Waals surface area contributed by atoms with Crippen LogP contribution in [0.5, 0.6) is 5.88 Å². The van der Waals surface area contributed by atoms with Gasteiger partial charge in [0.05, 0.1) is 25.2 Å². The summed E-state index contributed by atoms with van der Waals surface area (Å²) in [6.07, 6.45) is -3.99. The van der Waals surface area contributed by atoms with Gasteiger partial charge in [0, 0.05) is 18.3 Å². The molecule has 3 atom stereocenters. The SMILES string of the molecule is COc1nc(N[C@H]2CCN(C(=O)CO)C[C@H]2F)nn2ccc(-c3ccc4nnn([C@H](C)C(F)(F)F)c4c3)c12. The van der Waals surface area contributed by atoms with Gasteiger partial charge in [-0.05, 0) is 37.1 Å². The van der Waals surface area contributed by atoms with Crippen LogP contribution < -0.4 is 10.1 Å². The Labute approximate surface area is 213 Å². The Morgan fingerprint density at radius 3 is 2.79 bits per heavy atom. The molecule has 1 aliphatic rings. The number of nitrogens with one attached hydrogen (secondary N) is 1. The molecule has 1 fully saturated rings. The van der Waals surface area contributed by atoms with Crippen molar-refractivity contribution in [2.75, 3.05) is 32.1 Å². The summed E-state index contributed by atoms with van der Waals surface area (Å²) in [5, 5.41) is 23.9. The van der Waals surface area contributed by atoms with Crippen LogP contribution in [-0.2, 0) is 4.79 Å². The molecule has 202 valence electrons. The van der Waals surface area contributed by atoms with E-state index in [1.165, 1.54) is 16.5 Å². The number of hydrogen-bond donors (Lipinski definition) is 2. The Morgan fingerprint density at radius 2 is 2.11 bits per heavy atom. The number of alkyl halides is 4. The van der Waals surface area contributed by atoms with Crippen molar-refractivity contribution in [3.8, 4) is 17.0 Å². The Balaban J connectivity index is 1.46. The van der Waals surface area contributed by atoms with Gasteiger partial charge in [0.1, 0.15) is 29.9 Å². The normalized spacial score (nSPS) is 19.2. The lowest BCUT2D eigenvalue weighted by atomic mass is 10.0. The van der Waals surface area contributed by atoms with Gasteiger partial charge in [0.15, 0.2) is 0 Å². The molecule has 0 unspecified atom stereocenters. The van der Waals surface area contributed by atoms with Crippen LogP contribution in [0.2, 0.25) is 0 Å². The third-order valence-electron chi connectivity index (χ3n) is 6.64. The fourth-order valence-corrected chi connectivity index (χ4v) is 4.52. The van der Waals surface area contributed by atoms with E-state index < -0.39 is 36.9 Å². The molecule has 11 nitrogen and oxygen atoms in total. The number of rotatable bonds is 6. The zero-order valence-electron chi connectivity index (χ0n) is 20.4. The first-order valence-electron chi connectivity index (χ1n) is 11.8. The van der Waals surface area contributed by atoms with Gasteiger partial charge in [-0.1, -0.05) is 11.3 Å². The summed E-state index contributed by atoms with van der Waals surface area (Å²) in [5.41, 5.74) is 2.16. The summed E-state index contributed by atoms with van der Waals surface area (Å²) in [4.78, 5) is 17.3. The van der Waals surface area contributed by atoms with E-state index in [0.29, 0.717) is 22.2 Å². The molecule has 1 aromatic carbocycles. The molecule has 3 aromatic heterocycles. The van der Waals surface area contributed by atoms with Crippen LogP contribution >= 0.6 is 0 Å². The van der Waals surface area contributed by atoms with Crippen molar-refractivity contribution < 1.29 is 32.2 Å². The highest BCUT2D eigenvalue weighted by Crippen LogP contribution is 2.35. The van der Waals surface area contributed by atoms with Crippen molar-refractivity contribution in [3.63, 3.8) is 0 Å². The van der Waals surface area contributed by atoms with Crippen molar-refractivity contribution >= 4 is 28.4 Å². The fourth-order valence-electron chi connectivity index (χ4n) is 4.52. The second kappa shape index (κ2) is 9.70. The van der Waals surface area contributed by atoms with Gasteiger partial charge in [-0.2, -0.15) is 18.2 Å². The standard InChI is InChI=1S/C23H24F4N8O3/c1-12(23(25,26)27)35-18-9-13(3-4-17(18)30-32-35)14-5-8-34-20(14)21(38-2)29-22(31-34)28-16-6-7-33(10-15(16)24)19(37)11-36/h3-5,8-9,12,15-16,36H,6-7,10-11H2,1-2H3,(H,28,31)/t12-,15-,16+/m1/s1. The maximum Gasteiger partial charge on any atom is 0.410 e. The van der Waals surface area contributed by atoms with E-state index in [1.54, 1.807) is 30.5 Å². The van der Waals surface area contributed by atoms with Crippen molar-refractivity contribution in [2.24, 2.45) is 0 Å². The molecule has 0 aliphatic carbocycles. The number of aromatic nitrogens is 6. The van der Waals surface area contributed by atoms with E-state index in [0.717, 1.165) is 11.6 Å². The second-order valence-corrected chi connectivity index (χ2v) is 8.98. The van der Waals surface area contributed by atoms with Crippen LogP contribution in [0.4, 0.5) is 23.5 Å². The highest BCUT2D eigenvalue weighted by molar-refractivity contribution is 5.89. The number of anilines is 1. The number of benzene rings is 1. The predicted octanol–water partition coefficient (Wildman–Crippen LogP) is 2.62. The van der Waals surface area contributed by atoms with Gasteiger partial charge >= 0.3 is 6.18 Å². The van der Waals surface area contributed by atoms with Crippen molar-refractivity contribution in [1.82, 2.24) is 34.5 Å². The van der Waals surface area contributed by atoms with Gasteiger partial charge in [-0.3, -0.25) is 4.79 Å². The number of nitrogens with zero attached hydrogens (tertiary/aromatic N) is 7. The summed E-state index contributed by atoms with van der Waals surface area (Å²) in [6.45, 7) is 0.442. The first-order valence-corrected chi connectivity index (χ1v) is 11.8. The number of amides is 1. The number of aliphatic hydroxyl groups is 1. The molecule has 0 saturated carbocycles. The van der Waals surface area contributed by atoms with Crippen LogP contribution in [0.3, 0.4) is 0 Å². The molecule has 5 rings (SSSR count). The number of methoxy groups -OCH3 is 1. The lowest BCUT2D eigenvalue weighted by Crippen LogP contribution is -2.50. The topological polar surface area (TPSA) is 123 Å². The number of halogens is 4. The number of piperidine rings is 1. The third-order valence-corrected chi connectivity index (χ3v) is 6.64. The highest BCUT2D eigenvalue weighted by atomic mass is 19.4. The lowest BCUT2D eigenvalue weighted by Gasteiger charge is -2.34. The third kappa shape index (κ3) is 4.57. The smallest absolute Gasteiger partial charge is 0.410 e. The van der Waals surface area contributed by atoms with Gasteiger partial charge in [0.2, 0.25) is 17.7 Å². The molecular formula is C23H24F4N8O3. The van der Waals surface area contributed by atoms with Crippen LogP contribution in [-0.4, -0.2) is 90.7 Å². The number of fused-ring (bicyclic) bond motifs is 2. The van der Waals surface area contributed by atoms with E-state index >= 15 is 0 Å². The first-order chi connectivity index (χ1) is 18.1. The molecule has 0 bridgehead atoms. The molecule has 1 amide bonds. The van der Waals surface area contributed by atoms with Crippen LogP contribution in [0.15, 0.2) is 30.5 Å². The molecule has 15 heteroatoms. The van der Waals surface area contributed by atoms with Crippen LogP contribution in [0.1, 0.15) is 19.4 Å². The average Bonchev–Trinajstić information content (AvgIpc) is 3.51. The number of carbonyl (C=O) groups is 1. The zero-order valence-corrected chi connectivity index (χ0v) is 20.4. The Bertz CT molecular complexity index is 1490. The van der Waals surface area contributed by atoms with E-state index in [1.807, 2.05) is 0 Å². The monoisotopic (exact) mass is 536 g/mol. The van der Waals surface area contributed by atoms with E-state index in [2.05, 4.69) is 25.7 Å². The number of carbonyl (C=O) groups excluding carboxylic acids is 1. The minimum absolute atomic E-state index is 0.0998. The number of aliphatic hydroxyl groups excluding tert-OH is 1. The highest BCUT2D eigenvalue weighted by Gasteiger charge is 2.39. The van der Waals surface area contributed by atoms with Crippen LogP contribution in [0.25, 0.3) is 27.7 Å². The minimum Gasteiger partial charge on any atom is -0.479 e. The molecule has 2 N–H and O–H groups in total. The van der Waals surface area contributed by atoms with Gasteiger partial charge in [0.25, 0.3) is 0 Å². The number of likely N-dealkylation sites (tertiary alicyclic amines) is 1. The maximum absolute atomic E-state index is 14.8. The molecule has 4 aromatic rings. The van der Waals surface area contributed by atoms with E-state index in [-0.39, 0.29) is 36.9 Å². The molecule has 1 saturated heterocycles. The zero-order chi connectivity index (χ0) is 27.2. The molecule has 0 radical (unpaired) electrons. The summed E-state index contributed by atoms with van der Waals surface area (Å²) in [5.74, 6) is -0.265. The summed E-state index contributed by atoms with van der Waals surface area (Å²) in [7, 11) is 1.41. The van der Waals surface area contributed by atoms with E-state index in [9.17, 15) is 22.4 Å². The summed E-state index contributed by atoms with van der Waals surface area (Å²) >= 11 is 0. The average molecular weight is 536 g/mol. The predicted molar refractivity (Wildman–Crippen MR) is 127 cm³/mol. The van der Waals surface area contributed by atoms with Crippen molar-refractivity contribution in [2.45, 2.75) is 37.8 Å². The van der Waals surface area contributed by atoms with Crippen LogP contribution in [0, 0.1) is 0 Å². The quantitative estimate of drug-likeness (QED) is 0.361.